The van der Waals surface area contributed by atoms with E-state index in [4.69, 9.17) is 4.98 Å². The van der Waals surface area contributed by atoms with E-state index < -0.39 is 0 Å². The molecular formula is C31H19N3S. The van der Waals surface area contributed by atoms with Crippen molar-refractivity contribution in [3.05, 3.63) is 116 Å². The van der Waals surface area contributed by atoms with E-state index in [1.807, 2.05) is 23.6 Å². The highest BCUT2D eigenvalue weighted by Gasteiger charge is 2.21. The van der Waals surface area contributed by atoms with Crippen LogP contribution in [0.4, 0.5) is 0 Å². The number of rotatable bonds is 2. The maximum Gasteiger partial charge on any atom is 0.0963 e. The van der Waals surface area contributed by atoms with Crippen molar-refractivity contribution in [1.29, 1.82) is 0 Å². The first-order valence-electron chi connectivity index (χ1n) is 11.7. The largest absolute Gasteiger partial charge is 0.314 e. The molecule has 0 bridgehead atoms. The summed E-state index contributed by atoms with van der Waals surface area (Å²) in [6, 6.07) is 36.7. The molecule has 0 aliphatic rings. The summed E-state index contributed by atoms with van der Waals surface area (Å²) in [5.41, 5.74) is 6.90. The molecule has 4 aromatic heterocycles. The van der Waals surface area contributed by atoms with E-state index in [2.05, 4.69) is 112 Å². The summed E-state index contributed by atoms with van der Waals surface area (Å²) in [6.45, 7) is 0. The third-order valence-corrected chi connectivity index (χ3v) is 8.12. The van der Waals surface area contributed by atoms with Gasteiger partial charge in [-0.25, -0.2) is 0 Å². The highest BCUT2D eigenvalue weighted by atomic mass is 32.1. The van der Waals surface area contributed by atoms with Crippen molar-refractivity contribution in [2.75, 3.05) is 0 Å². The molecule has 0 spiro atoms. The summed E-state index contributed by atoms with van der Waals surface area (Å²) in [4.78, 5) is 4.85. The number of aromatic nitrogens is 3. The number of benzene rings is 4. The zero-order valence-corrected chi connectivity index (χ0v) is 19.5. The van der Waals surface area contributed by atoms with Crippen molar-refractivity contribution in [3.63, 3.8) is 0 Å². The number of para-hydroxylation sites is 2. The zero-order valence-electron chi connectivity index (χ0n) is 18.7. The average molecular weight is 466 g/mol. The summed E-state index contributed by atoms with van der Waals surface area (Å²) < 4.78 is 7.34. The standard InChI is InChI=1S/C31H19N3S/c1-2-9-20(10-3-1)33-19-26(21-11-4-6-13-24(21)33)34-25-14-8-18-32-30(25)23-16-17-28-29(31(23)34)22-12-5-7-15-27(22)35-28/h1-19H. The quantitative estimate of drug-likeness (QED) is 0.251. The lowest BCUT2D eigenvalue weighted by molar-refractivity contribution is 1.10. The second-order valence-electron chi connectivity index (χ2n) is 8.88. The van der Waals surface area contributed by atoms with Gasteiger partial charge in [-0.2, -0.15) is 0 Å². The predicted octanol–water partition coefficient (Wildman–Crippen LogP) is 8.49. The van der Waals surface area contributed by atoms with Gasteiger partial charge in [0.1, 0.15) is 0 Å². The maximum absolute atomic E-state index is 4.85. The van der Waals surface area contributed by atoms with E-state index in [1.165, 1.54) is 47.7 Å². The molecule has 0 fully saturated rings. The first kappa shape index (κ1) is 19.0. The van der Waals surface area contributed by atoms with Crippen LogP contribution in [0.5, 0.6) is 0 Å². The molecule has 3 nitrogen and oxygen atoms in total. The van der Waals surface area contributed by atoms with Crippen LogP contribution in [-0.4, -0.2) is 14.1 Å². The highest BCUT2D eigenvalue weighted by Crippen LogP contribution is 2.43. The number of pyridine rings is 1. The smallest absolute Gasteiger partial charge is 0.0963 e. The molecule has 0 saturated heterocycles. The Morgan fingerprint density at radius 1 is 0.600 bits per heavy atom. The summed E-state index contributed by atoms with van der Waals surface area (Å²) in [7, 11) is 0. The Morgan fingerprint density at radius 3 is 2.29 bits per heavy atom. The van der Waals surface area contributed by atoms with Crippen LogP contribution in [-0.2, 0) is 0 Å². The van der Waals surface area contributed by atoms with Crippen LogP contribution in [0.3, 0.4) is 0 Å². The van der Waals surface area contributed by atoms with Gasteiger partial charge in [-0.1, -0.05) is 54.6 Å². The zero-order chi connectivity index (χ0) is 22.9. The molecule has 0 unspecified atom stereocenters. The van der Waals surface area contributed by atoms with Crippen LogP contribution in [0.2, 0.25) is 0 Å². The Hall–Kier alpha value is -4.41. The van der Waals surface area contributed by atoms with Crippen molar-refractivity contribution in [1.82, 2.24) is 14.1 Å². The van der Waals surface area contributed by atoms with Gasteiger partial charge in [-0.05, 0) is 48.5 Å². The molecule has 4 heterocycles. The molecule has 4 heteroatoms. The van der Waals surface area contributed by atoms with Gasteiger partial charge in [-0.3, -0.25) is 4.98 Å². The molecule has 4 aromatic carbocycles. The molecule has 0 N–H and O–H groups in total. The summed E-state index contributed by atoms with van der Waals surface area (Å²) in [5.74, 6) is 0. The van der Waals surface area contributed by atoms with Crippen molar-refractivity contribution in [2.24, 2.45) is 0 Å². The maximum atomic E-state index is 4.85. The van der Waals surface area contributed by atoms with Crippen LogP contribution in [0.1, 0.15) is 0 Å². The lowest BCUT2D eigenvalue weighted by Gasteiger charge is -2.08. The van der Waals surface area contributed by atoms with Crippen LogP contribution >= 0.6 is 11.3 Å². The van der Waals surface area contributed by atoms with Gasteiger partial charge in [0.25, 0.3) is 0 Å². The van der Waals surface area contributed by atoms with E-state index in [-0.39, 0.29) is 0 Å². The normalized spacial score (nSPS) is 12.0. The number of hydrogen-bond donors (Lipinski definition) is 0. The molecule has 164 valence electrons. The summed E-state index contributed by atoms with van der Waals surface area (Å²) in [6.07, 6.45) is 4.18. The highest BCUT2D eigenvalue weighted by molar-refractivity contribution is 7.26. The molecular weight excluding hydrogens is 446 g/mol. The van der Waals surface area contributed by atoms with Gasteiger partial charge >= 0.3 is 0 Å². The van der Waals surface area contributed by atoms with Crippen LogP contribution in [0.25, 0.3) is 64.4 Å². The first-order chi connectivity index (χ1) is 17.4. The molecule has 0 amide bonds. The minimum absolute atomic E-state index is 1.04. The van der Waals surface area contributed by atoms with Crippen LogP contribution in [0, 0.1) is 0 Å². The Balaban J connectivity index is 1.61. The Morgan fingerprint density at radius 2 is 1.37 bits per heavy atom. The number of nitrogens with zero attached hydrogens (tertiary/aromatic N) is 3. The van der Waals surface area contributed by atoms with Gasteiger partial charge in [0, 0.05) is 49.0 Å². The molecule has 0 radical (unpaired) electrons. The van der Waals surface area contributed by atoms with Gasteiger partial charge in [-0.15, -0.1) is 11.3 Å². The fourth-order valence-electron chi connectivity index (χ4n) is 5.52. The molecule has 0 atom stereocenters. The third-order valence-electron chi connectivity index (χ3n) is 6.99. The van der Waals surface area contributed by atoms with E-state index in [1.54, 1.807) is 0 Å². The van der Waals surface area contributed by atoms with Crippen LogP contribution < -0.4 is 0 Å². The monoisotopic (exact) mass is 465 g/mol. The fraction of sp³-hybridized carbons (Fsp3) is 0. The van der Waals surface area contributed by atoms with Gasteiger partial charge in [0.15, 0.2) is 0 Å². The molecule has 8 aromatic rings. The second kappa shape index (κ2) is 7.05. The lowest BCUT2D eigenvalue weighted by atomic mass is 10.1. The molecule has 8 rings (SSSR count). The van der Waals surface area contributed by atoms with E-state index in [0.29, 0.717) is 0 Å². The second-order valence-corrected chi connectivity index (χ2v) is 9.96. The minimum Gasteiger partial charge on any atom is -0.314 e. The number of thiophene rings is 1. The van der Waals surface area contributed by atoms with Crippen molar-refractivity contribution in [2.45, 2.75) is 0 Å². The van der Waals surface area contributed by atoms with E-state index >= 15 is 0 Å². The minimum atomic E-state index is 1.04. The van der Waals surface area contributed by atoms with Crippen molar-refractivity contribution < 1.29 is 0 Å². The lowest BCUT2D eigenvalue weighted by Crippen LogP contribution is -1.94. The number of fused-ring (bicyclic) bond motifs is 8. The van der Waals surface area contributed by atoms with Crippen molar-refractivity contribution in [3.8, 4) is 11.4 Å². The third kappa shape index (κ3) is 2.57. The number of hydrogen-bond acceptors (Lipinski definition) is 2. The summed E-state index contributed by atoms with van der Waals surface area (Å²) >= 11 is 1.86. The van der Waals surface area contributed by atoms with Crippen LogP contribution in [0.15, 0.2) is 116 Å². The molecule has 0 aliphatic heterocycles. The van der Waals surface area contributed by atoms with Gasteiger partial charge in [0.05, 0.1) is 27.8 Å². The molecule has 0 aliphatic carbocycles. The van der Waals surface area contributed by atoms with Gasteiger partial charge < -0.3 is 9.13 Å². The first-order valence-corrected chi connectivity index (χ1v) is 12.6. The molecule has 0 saturated carbocycles. The van der Waals surface area contributed by atoms with Crippen molar-refractivity contribution >= 4 is 64.3 Å². The van der Waals surface area contributed by atoms with Gasteiger partial charge in [0.2, 0.25) is 0 Å². The molecule has 35 heavy (non-hydrogen) atoms. The SMILES string of the molecule is c1ccc(-n2cc(-n3c4cccnc4c4ccc5sc6ccccc6c5c43)c3ccccc32)cc1. The Bertz CT molecular complexity index is 2060. The fourth-order valence-corrected chi connectivity index (χ4v) is 6.63. The average Bonchev–Trinajstić information content (AvgIpc) is 3.58. The summed E-state index contributed by atoms with van der Waals surface area (Å²) in [5, 5.41) is 5.01. The Kier molecular flexibility index (Phi) is 3.82. The van der Waals surface area contributed by atoms with E-state index in [9.17, 15) is 0 Å². The van der Waals surface area contributed by atoms with E-state index in [0.717, 1.165) is 16.7 Å². The Labute approximate surface area is 205 Å². The predicted molar refractivity (Wildman–Crippen MR) is 148 cm³/mol. The topological polar surface area (TPSA) is 22.8 Å².